The second-order valence-corrected chi connectivity index (χ2v) is 5.30. The number of nitrogens with zero attached hydrogens (tertiary/aromatic N) is 4. The molecule has 0 aliphatic carbocycles. The molecule has 0 amide bonds. The molecule has 0 radical (unpaired) electrons. The maximum Gasteiger partial charge on any atom is 0.341 e. The molecule has 0 aromatic heterocycles. The van der Waals surface area contributed by atoms with Crippen molar-refractivity contribution >= 4 is 17.6 Å². The van der Waals surface area contributed by atoms with Crippen molar-refractivity contribution in [1.82, 2.24) is 5.01 Å². The van der Waals surface area contributed by atoms with E-state index in [4.69, 9.17) is 24.5 Å². The SMILES string of the molecule is CCN(CC)[N+]([O-])=NOCc1cc(OCC(=O)O)c(OCC(=O)O)cc1[N+](=O)[O-]. The molecule has 1 rings (SSSR count). The fraction of sp³-hybridized carbons (Fsp3) is 0.467. The first kappa shape index (κ1) is 23.2. The standard InChI is InChI=1S/C15H20N4O10/c1-3-17(4-2)19(26)16-29-7-10-5-12(27-8-14(20)21)13(28-9-15(22)23)6-11(10)18(24)25/h5-6H,3-4,7-9H2,1-2H3,(H,20,21)(H,22,23). The fourth-order valence-electron chi connectivity index (χ4n) is 2.05. The second-order valence-electron chi connectivity index (χ2n) is 5.30. The number of nitro groups is 1. The minimum absolute atomic E-state index is 0.102. The Labute approximate surface area is 164 Å². The van der Waals surface area contributed by atoms with Crippen LogP contribution >= 0.6 is 0 Å². The maximum atomic E-state index is 11.7. The van der Waals surface area contributed by atoms with Crippen LogP contribution in [-0.4, -0.2) is 63.4 Å². The van der Waals surface area contributed by atoms with Crippen LogP contribution in [0.2, 0.25) is 0 Å². The summed E-state index contributed by atoms with van der Waals surface area (Å²) in [5.74, 6) is -3.27. The van der Waals surface area contributed by atoms with Gasteiger partial charge < -0.3 is 29.7 Å². The molecule has 0 bridgehead atoms. The van der Waals surface area contributed by atoms with Crippen LogP contribution in [0.15, 0.2) is 17.4 Å². The molecular weight excluding hydrogens is 396 g/mol. The van der Waals surface area contributed by atoms with Crippen molar-refractivity contribution in [2.45, 2.75) is 20.5 Å². The van der Waals surface area contributed by atoms with Gasteiger partial charge in [0.1, 0.15) is 0 Å². The highest BCUT2D eigenvalue weighted by molar-refractivity contribution is 5.70. The topological polar surface area (TPSA) is 187 Å². The van der Waals surface area contributed by atoms with E-state index in [1.807, 2.05) is 0 Å². The zero-order chi connectivity index (χ0) is 22.0. The Hall–Kier alpha value is -3.84. The number of hydrogen-bond acceptors (Lipinski definition) is 9. The Morgan fingerprint density at radius 2 is 1.59 bits per heavy atom. The summed E-state index contributed by atoms with van der Waals surface area (Å²) in [6, 6.07) is 1.93. The molecule has 0 saturated heterocycles. The van der Waals surface area contributed by atoms with Crippen molar-refractivity contribution < 1.29 is 44.0 Å². The summed E-state index contributed by atoms with van der Waals surface area (Å²) in [6.45, 7) is 2.00. The second kappa shape index (κ2) is 11.1. The Balaban J connectivity index is 3.17. The molecule has 0 unspecified atom stereocenters. The van der Waals surface area contributed by atoms with Gasteiger partial charge in [-0.1, -0.05) is 0 Å². The van der Waals surface area contributed by atoms with Crippen molar-refractivity contribution in [3.8, 4) is 11.5 Å². The predicted octanol–water partition coefficient (Wildman–Crippen LogP) is 1.17. The number of carboxylic acid groups (broad SMARTS) is 2. The zero-order valence-electron chi connectivity index (χ0n) is 15.6. The Morgan fingerprint density at radius 3 is 2.03 bits per heavy atom. The summed E-state index contributed by atoms with van der Waals surface area (Å²) >= 11 is 0. The van der Waals surface area contributed by atoms with Crippen molar-refractivity contribution in [2.24, 2.45) is 5.28 Å². The number of carbonyl (C=O) groups is 2. The molecule has 14 heteroatoms. The summed E-state index contributed by atoms with van der Waals surface area (Å²) in [5.41, 5.74) is -0.627. The molecule has 14 nitrogen and oxygen atoms in total. The summed E-state index contributed by atoms with van der Waals surface area (Å²) in [7, 11) is 0. The summed E-state index contributed by atoms with van der Waals surface area (Å²) in [6.07, 6.45) is 0. The van der Waals surface area contributed by atoms with E-state index < -0.39 is 42.4 Å². The van der Waals surface area contributed by atoms with E-state index in [1.54, 1.807) is 13.8 Å². The van der Waals surface area contributed by atoms with E-state index in [1.165, 1.54) is 5.01 Å². The van der Waals surface area contributed by atoms with Gasteiger partial charge in [-0.2, -0.15) is 0 Å². The van der Waals surface area contributed by atoms with Crippen LogP contribution in [0.25, 0.3) is 0 Å². The number of carboxylic acids is 2. The summed E-state index contributed by atoms with van der Waals surface area (Å²) in [4.78, 5) is 37.0. The third kappa shape index (κ3) is 7.36. The Bertz CT molecular complexity index is 779. The average Bonchev–Trinajstić information content (AvgIpc) is 2.65. The third-order valence-corrected chi connectivity index (χ3v) is 3.36. The number of nitro benzene ring substituents is 1. The van der Waals surface area contributed by atoms with Crippen molar-refractivity contribution in [3.63, 3.8) is 0 Å². The maximum absolute atomic E-state index is 11.7. The summed E-state index contributed by atoms with van der Waals surface area (Å²) < 4.78 is 9.93. The highest BCUT2D eigenvalue weighted by atomic mass is 16.7. The minimum Gasteiger partial charge on any atom is -0.569 e. The Morgan fingerprint density at radius 1 is 1.07 bits per heavy atom. The van der Waals surface area contributed by atoms with Crippen LogP contribution in [0.1, 0.15) is 19.4 Å². The van der Waals surface area contributed by atoms with Gasteiger partial charge in [0.25, 0.3) is 5.69 Å². The quantitative estimate of drug-likeness (QED) is 0.203. The van der Waals surface area contributed by atoms with E-state index in [2.05, 4.69) is 5.28 Å². The molecule has 0 aliphatic rings. The van der Waals surface area contributed by atoms with Crippen LogP contribution in [0.5, 0.6) is 11.5 Å². The largest absolute Gasteiger partial charge is 0.569 e. The first-order chi connectivity index (χ1) is 13.7. The van der Waals surface area contributed by atoms with Gasteiger partial charge in [0, 0.05) is 0 Å². The Kier molecular flexibility index (Phi) is 8.88. The van der Waals surface area contributed by atoms with Gasteiger partial charge in [0.2, 0.25) is 5.28 Å². The first-order valence-electron chi connectivity index (χ1n) is 8.25. The molecule has 0 aliphatic heterocycles. The van der Waals surface area contributed by atoms with E-state index >= 15 is 0 Å². The van der Waals surface area contributed by atoms with E-state index in [0.717, 1.165) is 12.1 Å². The molecule has 1 aromatic carbocycles. The number of hydrogen-bond donors (Lipinski definition) is 2. The average molecular weight is 416 g/mol. The molecule has 0 spiro atoms. The van der Waals surface area contributed by atoms with Crippen molar-refractivity contribution in [2.75, 3.05) is 26.3 Å². The van der Waals surface area contributed by atoms with E-state index in [0.29, 0.717) is 13.1 Å². The molecular formula is C15H20N4O10. The number of aliphatic carboxylic acids is 2. The fourth-order valence-corrected chi connectivity index (χ4v) is 2.05. The lowest BCUT2D eigenvalue weighted by Gasteiger charge is -2.14. The molecule has 1 aromatic rings. The highest BCUT2D eigenvalue weighted by Crippen LogP contribution is 2.35. The van der Waals surface area contributed by atoms with Crippen LogP contribution in [0.3, 0.4) is 0 Å². The smallest absolute Gasteiger partial charge is 0.341 e. The third-order valence-electron chi connectivity index (χ3n) is 3.36. The number of hydrazine groups is 1. The van der Waals surface area contributed by atoms with Crippen LogP contribution in [0.4, 0.5) is 5.69 Å². The lowest BCUT2D eigenvalue weighted by molar-refractivity contribution is -0.710. The van der Waals surface area contributed by atoms with Gasteiger partial charge in [-0.3, -0.25) is 10.1 Å². The van der Waals surface area contributed by atoms with Crippen molar-refractivity contribution in [1.29, 1.82) is 0 Å². The van der Waals surface area contributed by atoms with E-state index in [9.17, 15) is 24.9 Å². The summed E-state index contributed by atoms with van der Waals surface area (Å²) in [5, 5.41) is 45.0. The highest BCUT2D eigenvalue weighted by Gasteiger charge is 2.22. The lowest BCUT2D eigenvalue weighted by atomic mass is 10.1. The van der Waals surface area contributed by atoms with Gasteiger partial charge in [-0.15, -0.1) is 5.01 Å². The monoisotopic (exact) mass is 416 g/mol. The molecule has 0 fully saturated rings. The van der Waals surface area contributed by atoms with Gasteiger partial charge in [0.05, 0.1) is 34.6 Å². The lowest BCUT2D eigenvalue weighted by Crippen LogP contribution is -2.30. The molecule has 29 heavy (non-hydrogen) atoms. The number of benzene rings is 1. The van der Waals surface area contributed by atoms with Crippen LogP contribution in [0, 0.1) is 15.3 Å². The van der Waals surface area contributed by atoms with Crippen LogP contribution < -0.4 is 9.47 Å². The molecule has 0 heterocycles. The van der Waals surface area contributed by atoms with Crippen molar-refractivity contribution in [3.05, 3.63) is 33.0 Å². The van der Waals surface area contributed by atoms with Gasteiger partial charge in [-0.05, 0) is 19.9 Å². The molecule has 2 N–H and O–H groups in total. The molecule has 0 saturated carbocycles. The number of ether oxygens (including phenoxy) is 2. The first-order valence-corrected chi connectivity index (χ1v) is 8.25. The molecule has 0 atom stereocenters. The minimum atomic E-state index is -1.35. The number of rotatable bonds is 13. The van der Waals surface area contributed by atoms with Gasteiger partial charge in [-0.25, -0.2) is 9.59 Å². The van der Waals surface area contributed by atoms with Gasteiger partial charge >= 0.3 is 11.9 Å². The zero-order valence-corrected chi connectivity index (χ0v) is 15.6. The predicted molar refractivity (Wildman–Crippen MR) is 93.1 cm³/mol. The van der Waals surface area contributed by atoms with Gasteiger partial charge in [0.15, 0.2) is 31.3 Å². The van der Waals surface area contributed by atoms with E-state index in [-0.39, 0.29) is 22.0 Å². The van der Waals surface area contributed by atoms with Crippen LogP contribution in [-0.2, 0) is 21.0 Å². The molecule has 160 valence electrons. The normalized spacial score (nSPS) is 10.9.